The molecule has 0 spiro atoms. The maximum absolute atomic E-state index is 6.03. The summed E-state index contributed by atoms with van der Waals surface area (Å²) in [6.07, 6.45) is 1.23. The first kappa shape index (κ1) is 12.0. The van der Waals surface area contributed by atoms with E-state index in [4.69, 9.17) is 10.5 Å². The highest BCUT2D eigenvalue weighted by molar-refractivity contribution is 5.66. The van der Waals surface area contributed by atoms with Gasteiger partial charge in [-0.2, -0.15) is 0 Å². The van der Waals surface area contributed by atoms with Crippen LogP contribution in [0.4, 0.5) is 11.4 Å². The molecule has 3 N–H and O–H groups in total. The summed E-state index contributed by atoms with van der Waals surface area (Å²) in [5, 5.41) is 3.16. The number of ether oxygens (including phenoxy) is 1. The minimum Gasteiger partial charge on any atom is -0.486 e. The Kier molecular flexibility index (Phi) is 3.43. The number of nitrogen functional groups attached to an aromatic ring is 1. The van der Waals surface area contributed by atoms with E-state index in [1.807, 2.05) is 25.2 Å². The summed E-state index contributed by atoms with van der Waals surface area (Å²) < 4.78 is 6.03. The molecule has 4 heteroatoms. The van der Waals surface area contributed by atoms with Gasteiger partial charge in [0.1, 0.15) is 11.9 Å². The van der Waals surface area contributed by atoms with Crippen molar-refractivity contribution in [1.29, 1.82) is 0 Å². The summed E-state index contributed by atoms with van der Waals surface area (Å²) in [7, 11) is 4.06. The van der Waals surface area contributed by atoms with E-state index in [1.54, 1.807) is 0 Å². The molecule has 1 aromatic carbocycles. The molecule has 1 aliphatic heterocycles. The smallest absolute Gasteiger partial charge is 0.143 e. The second-order valence-corrected chi connectivity index (χ2v) is 4.63. The second kappa shape index (κ2) is 4.84. The van der Waals surface area contributed by atoms with E-state index in [2.05, 4.69) is 24.2 Å². The molecule has 17 heavy (non-hydrogen) atoms. The molecule has 1 aromatic rings. The van der Waals surface area contributed by atoms with Crippen LogP contribution in [0.5, 0.6) is 5.75 Å². The number of benzene rings is 1. The van der Waals surface area contributed by atoms with Crippen LogP contribution in [-0.4, -0.2) is 32.8 Å². The highest BCUT2D eigenvalue weighted by Crippen LogP contribution is 2.37. The van der Waals surface area contributed by atoms with Gasteiger partial charge in [-0.3, -0.25) is 0 Å². The van der Waals surface area contributed by atoms with Crippen LogP contribution in [0.1, 0.15) is 13.3 Å². The molecule has 0 aromatic heterocycles. The van der Waals surface area contributed by atoms with Crippen LogP contribution in [0.25, 0.3) is 0 Å². The summed E-state index contributed by atoms with van der Waals surface area (Å²) in [4.78, 5) is 2.25. The van der Waals surface area contributed by atoms with Gasteiger partial charge >= 0.3 is 0 Å². The third-order valence-electron chi connectivity index (χ3n) is 3.47. The van der Waals surface area contributed by atoms with Gasteiger partial charge in [-0.1, -0.05) is 0 Å². The van der Waals surface area contributed by atoms with Gasteiger partial charge in [0, 0.05) is 12.7 Å². The highest BCUT2D eigenvalue weighted by Gasteiger charge is 2.30. The lowest BCUT2D eigenvalue weighted by Gasteiger charge is -2.40. The molecule has 2 unspecified atom stereocenters. The molecule has 0 saturated heterocycles. The molecule has 0 saturated carbocycles. The Labute approximate surface area is 103 Å². The number of nitrogens with one attached hydrogen (secondary N) is 1. The van der Waals surface area contributed by atoms with Gasteiger partial charge in [-0.25, -0.2) is 0 Å². The maximum atomic E-state index is 6.03. The first-order valence-electron chi connectivity index (χ1n) is 6.07. The third kappa shape index (κ3) is 2.31. The van der Waals surface area contributed by atoms with Crippen LogP contribution < -0.4 is 20.7 Å². The first-order valence-corrected chi connectivity index (χ1v) is 6.07. The largest absolute Gasteiger partial charge is 0.486 e. The van der Waals surface area contributed by atoms with Crippen molar-refractivity contribution < 1.29 is 4.74 Å². The topological polar surface area (TPSA) is 50.5 Å². The lowest BCUT2D eigenvalue weighted by molar-refractivity contribution is 0.152. The molecule has 0 bridgehead atoms. The monoisotopic (exact) mass is 235 g/mol. The summed E-state index contributed by atoms with van der Waals surface area (Å²) >= 11 is 0. The molecular weight excluding hydrogens is 214 g/mol. The van der Waals surface area contributed by atoms with Crippen molar-refractivity contribution in [3.8, 4) is 5.75 Å². The summed E-state index contributed by atoms with van der Waals surface area (Å²) in [5.74, 6) is 0.931. The highest BCUT2D eigenvalue weighted by atomic mass is 16.5. The lowest BCUT2D eigenvalue weighted by Crippen LogP contribution is -2.46. The summed E-state index contributed by atoms with van der Waals surface area (Å²) in [6.45, 7) is 3.15. The number of rotatable bonds is 3. The minimum atomic E-state index is 0.226. The number of nitrogens with two attached hydrogens (primary N) is 1. The van der Waals surface area contributed by atoms with E-state index >= 15 is 0 Å². The first-order chi connectivity index (χ1) is 8.13. The van der Waals surface area contributed by atoms with Crippen LogP contribution in [0, 0.1) is 0 Å². The van der Waals surface area contributed by atoms with Crippen molar-refractivity contribution >= 4 is 11.4 Å². The van der Waals surface area contributed by atoms with Crippen molar-refractivity contribution in [2.45, 2.75) is 25.5 Å². The molecule has 94 valence electrons. The molecule has 4 nitrogen and oxygen atoms in total. The lowest BCUT2D eigenvalue weighted by atomic mass is 10.0. The fourth-order valence-corrected chi connectivity index (χ4v) is 2.23. The Balaban J connectivity index is 2.22. The van der Waals surface area contributed by atoms with E-state index in [1.165, 1.54) is 0 Å². The second-order valence-electron chi connectivity index (χ2n) is 4.63. The SMILES string of the molecule is CNCCC1Oc2ccc(N)cc2N(C)C1C. The van der Waals surface area contributed by atoms with Crippen LogP contribution in [-0.2, 0) is 0 Å². The predicted octanol–water partition coefficient (Wildman–Crippen LogP) is 1.46. The molecule has 2 atom stereocenters. The van der Waals surface area contributed by atoms with Crippen molar-refractivity contribution in [3.05, 3.63) is 18.2 Å². The van der Waals surface area contributed by atoms with Crippen LogP contribution in [0.15, 0.2) is 18.2 Å². The van der Waals surface area contributed by atoms with Gasteiger partial charge in [0.15, 0.2) is 0 Å². The average Bonchev–Trinajstić information content (AvgIpc) is 2.33. The van der Waals surface area contributed by atoms with E-state index in [0.717, 1.165) is 30.1 Å². The van der Waals surface area contributed by atoms with Gasteiger partial charge in [-0.05, 0) is 45.1 Å². The quantitative estimate of drug-likeness (QED) is 0.779. The summed E-state index contributed by atoms with van der Waals surface area (Å²) in [6, 6.07) is 6.18. The van der Waals surface area contributed by atoms with E-state index in [-0.39, 0.29) is 6.10 Å². The van der Waals surface area contributed by atoms with Gasteiger partial charge in [0.25, 0.3) is 0 Å². The zero-order chi connectivity index (χ0) is 12.4. The predicted molar refractivity (Wildman–Crippen MR) is 71.7 cm³/mol. The Morgan fingerprint density at radius 1 is 1.47 bits per heavy atom. The Bertz CT molecular complexity index is 394. The van der Waals surface area contributed by atoms with E-state index in [0.29, 0.717) is 6.04 Å². The maximum Gasteiger partial charge on any atom is 0.143 e. The molecule has 0 radical (unpaired) electrons. The van der Waals surface area contributed by atoms with Gasteiger partial charge in [-0.15, -0.1) is 0 Å². The van der Waals surface area contributed by atoms with Crippen LogP contribution in [0.2, 0.25) is 0 Å². The fourth-order valence-electron chi connectivity index (χ4n) is 2.23. The van der Waals surface area contributed by atoms with Gasteiger partial charge < -0.3 is 20.7 Å². The average molecular weight is 235 g/mol. The molecule has 0 fully saturated rings. The number of fused-ring (bicyclic) bond motifs is 1. The zero-order valence-corrected chi connectivity index (χ0v) is 10.7. The molecular formula is C13H21N3O. The van der Waals surface area contributed by atoms with Crippen molar-refractivity contribution in [2.24, 2.45) is 0 Å². The third-order valence-corrected chi connectivity index (χ3v) is 3.47. The van der Waals surface area contributed by atoms with Crippen LogP contribution in [0.3, 0.4) is 0 Å². The number of anilines is 2. The molecule has 2 rings (SSSR count). The standard InChI is InChI=1S/C13H21N3O/c1-9-12(6-7-15-2)17-13-5-4-10(14)8-11(13)16(9)3/h4-5,8-9,12,15H,6-7,14H2,1-3H3. The molecule has 1 heterocycles. The van der Waals surface area contributed by atoms with E-state index in [9.17, 15) is 0 Å². The number of hydrogen-bond acceptors (Lipinski definition) is 4. The van der Waals surface area contributed by atoms with Crippen molar-refractivity contribution in [1.82, 2.24) is 5.32 Å². The van der Waals surface area contributed by atoms with Crippen molar-refractivity contribution in [3.63, 3.8) is 0 Å². The fraction of sp³-hybridized carbons (Fsp3) is 0.538. The van der Waals surface area contributed by atoms with Crippen molar-refractivity contribution in [2.75, 3.05) is 31.3 Å². The summed E-state index contributed by atoms with van der Waals surface area (Å²) in [5.41, 5.74) is 7.67. The zero-order valence-electron chi connectivity index (χ0n) is 10.7. The van der Waals surface area contributed by atoms with E-state index < -0.39 is 0 Å². The van der Waals surface area contributed by atoms with Crippen LogP contribution >= 0.6 is 0 Å². The molecule has 1 aliphatic rings. The van der Waals surface area contributed by atoms with Gasteiger partial charge in [0.05, 0.1) is 11.7 Å². The number of likely N-dealkylation sites (N-methyl/N-ethyl adjacent to an activating group) is 1. The minimum absolute atomic E-state index is 0.226. The Hall–Kier alpha value is -1.42. The Morgan fingerprint density at radius 2 is 2.24 bits per heavy atom. The molecule has 0 amide bonds. The number of hydrogen-bond donors (Lipinski definition) is 2. The normalized spacial score (nSPS) is 23.1. The van der Waals surface area contributed by atoms with Gasteiger partial charge in [0.2, 0.25) is 0 Å². The number of nitrogens with zero attached hydrogens (tertiary/aromatic N) is 1. The Morgan fingerprint density at radius 3 is 2.94 bits per heavy atom. The molecule has 0 aliphatic carbocycles.